The fourth-order valence-electron chi connectivity index (χ4n) is 1.16. The molecule has 5 nitrogen and oxygen atoms in total. The van der Waals surface area contributed by atoms with Crippen LogP contribution in [0.5, 0.6) is 0 Å². The van der Waals surface area contributed by atoms with Crippen LogP contribution >= 0.6 is 11.6 Å². The number of benzene rings is 1. The van der Waals surface area contributed by atoms with Crippen molar-refractivity contribution < 1.29 is 14.8 Å². The van der Waals surface area contributed by atoms with Crippen molar-refractivity contribution in [2.45, 2.75) is 12.8 Å². The second kappa shape index (κ2) is 4.75. The molecule has 1 aromatic rings. The van der Waals surface area contributed by atoms with Gasteiger partial charge in [-0.15, -0.1) is 0 Å². The first kappa shape index (κ1) is 11.5. The molecule has 0 aliphatic carbocycles. The number of halogens is 1. The van der Waals surface area contributed by atoms with E-state index in [0.717, 1.165) is 0 Å². The molecule has 1 rings (SSSR count). The average molecular weight is 230 g/mol. The van der Waals surface area contributed by atoms with E-state index in [1.807, 2.05) is 0 Å². The van der Waals surface area contributed by atoms with Crippen LogP contribution in [-0.4, -0.2) is 16.0 Å². The normalized spacial score (nSPS) is 9.93. The predicted octanol–water partition coefficient (Wildman–Crippen LogP) is 2.27. The molecule has 1 N–H and O–H groups in total. The Morgan fingerprint density at radius 3 is 2.73 bits per heavy atom. The molecule has 0 atom stereocenters. The minimum atomic E-state index is -0.987. The van der Waals surface area contributed by atoms with Gasteiger partial charge in [-0.2, -0.15) is 0 Å². The Labute approximate surface area is 90.4 Å². The van der Waals surface area contributed by atoms with Crippen molar-refractivity contribution >= 4 is 23.3 Å². The number of carboxylic acid groups (broad SMARTS) is 1. The van der Waals surface area contributed by atoms with E-state index in [-0.39, 0.29) is 23.6 Å². The quantitative estimate of drug-likeness (QED) is 0.634. The monoisotopic (exact) mass is 229 g/mol. The Morgan fingerprint density at radius 2 is 2.20 bits per heavy atom. The van der Waals surface area contributed by atoms with Gasteiger partial charge in [-0.05, 0) is 12.5 Å². The third-order valence-electron chi connectivity index (χ3n) is 1.85. The van der Waals surface area contributed by atoms with Gasteiger partial charge in [0.15, 0.2) is 0 Å². The number of hydrogen-bond donors (Lipinski definition) is 1. The lowest BCUT2D eigenvalue weighted by Gasteiger charge is -2.01. The fraction of sp³-hybridized carbons (Fsp3) is 0.222. The molecule has 0 radical (unpaired) electrons. The molecule has 0 aliphatic rings. The molecule has 0 amide bonds. The summed E-state index contributed by atoms with van der Waals surface area (Å²) in [5.74, 6) is -0.987. The Bertz CT molecular complexity index is 405. The van der Waals surface area contributed by atoms with Crippen LogP contribution in [0.4, 0.5) is 5.69 Å². The van der Waals surface area contributed by atoms with Crippen molar-refractivity contribution in [1.82, 2.24) is 0 Å². The lowest BCUT2D eigenvalue weighted by atomic mass is 10.1. The van der Waals surface area contributed by atoms with E-state index in [0.29, 0.717) is 5.56 Å². The maximum atomic E-state index is 10.6. The van der Waals surface area contributed by atoms with Gasteiger partial charge in [-0.1, -0.05) is 17.7 Å². The molecule has 15 heavy (non-hydrogen) atoms. The summed E-state index contributed by atoms with van der Waals surface area (Å²) in [5.41, 5.74) is 0.246. The number of hydrogen-bond acceptors (Lipinski definition) is 3. The highest BCUT2D eigenvalue weighted by atomic mass is 35.5. The van der Waals surface area contributed by atoms with E-state index >= 15 is 0 Å². The number of aliphatic carboxylic acids is 1. The molecule has 0 saturated heterocycles. The van der Waals surface area contributed by atoms with Crippen LogP contribution in [0.15, 0.2) is 18.2 Å². The van der Waals surface area contributed by atoms with Gasteiger partial charge in [0.1, 0.15) is 0 Å². The van der Waals surface area contributed by atoms with Gasteiger partial charge >= 0.3 is 5.97 Å². The Kier molecular flexibility index (Phi) is 3.62. The van der Waals surface area contributed by atoms with Crippen LogP contribution in [0.3, 0.4) is 0 Å². The predicted molar refractivity (Wildman–Crippen MR) is 54.1 cm³/mol. The van der Waals surface area contributed by atoms with Crippen LogP contribution < -0.4 is 0 Å². The van der Waals surface area contributed by atoms with Gasteiger partial charge in [0.25, 0.3) is 5.69 Å². The van der Waals surface area contributed by atoms with E-state index in [9.17, 15) is 14.9 Å². The number of rotatable bonds is 4. The molecule has 0 aromatic heterocycles. The molecule has 6 heteroatoms. The largest absolute Gasteiger partial charge is 0.481 e. The number of nitro groups is 1. The van der Waals surface area contributed by atoms with Crippen LogP contribution in [0, 0.1) is 10.1 Å². The maximum absolute atomic E-state index is 10.6. The van der Waals surface area contributed by atoms with Gasteiger partial charge in [0, 0.05) is 23.1 Å². The zero-order valence-corrected chi connectivity index (χ0v) is 8.40. The maximum Gasteiger partial charge on any atom is 0.303 e. The average Bonchev–Trinajstić information content (AvgIpc) is 2.15. The summed E-state index contributed by atoms with van der Waals surface area (Å²) in [5, 5.41) is 19.3. The highest BCUT2D eigenvalue weighted by molar-refractivity contribution is 6.30. The Balaban J connectivity index is 2.95. The fourth-order valence-corrected chi connectivity index (χ4v) is 1.33. The third kappa shape index (κ3) is 3.21. The van der Waals surface area contributed by atoms with E-state index < -0.39 is 10.9 Å². The third-order valence-corrected chi connectivity index (χ3v) is 2.09. The van der Waals surface area contributed by atoms with E-state index in [2.05, 4.69) is 0 Å². The molecule has 0 bridgehead atoms. The van der Waals surface area contributed by atoms with E-state index in [1.54, 1.807) is 0 Å². The second-order valence-corrected chi connectivity index (χ2v) is 3.36. The van der Waals surface area contributed by atoms with Crippen molar-refractivity contribution in [1.29, 1.82) is 0 Å². The van der Waals surface area contributed by atoms with Crippen molar-refractivity contribution in [2.24, 2.45) is 0 Å². The molecule has 0 saturated carbocycles. The molecule has 0 spiro atoms. The SMILES string of the molecule is O=C(O)CCc1ccc(Cl)cc1[N+](=O)[O-]. The van der Waals surface area contributed by atoms with Crippen LogP contribution in [0.1, 0.15) is 12.0 Å². The second-order valence-electron chi connectivity index (χ2n) is 2.92. The summed E-state index contributed by atoms with van der Waals surface area (Å²) in [6, 6.07) is 4.20. The van der Waals surface area contributed by atoms with Crippen molar-refractivity contribution in [3.8, 4) is 0 Å². The summed E-state index contributed by atoms with van der Waals surface area (Å²) in [7, 11) is 0. The highest BCUT2D eigenvalue weighted by Gasteiger charge is 2.14. The molecule has 0 aliphatic heterocycles. The number of nitrogens with zero attached hydrogens (tertiary/aromatic N) is 1. The van der Waals surface area contributed by atoms with E-state index in [4.69, 9.17) is 16.7 Å². The van der Waals surface area contributed by atoms with Crippen molar-refractivity contribution in [3.05, 3.63) is 38.9 Å². The molecule has 80 valence electrons. The number of carboxylic acids is 1. The standard InChI is InChI=1S/C9H8ClNO4/c10-7-3-1-6(2-4-9(12)13)8(5-7)11(14)15/h1,3,5H,2,4H2,(H,12,13). The lowest BCUT2D eigenvalue weighted by molar-refractivity contribution is -0.385. The lowest BCUT2D eigenvalue weighted by Crippen LogP contribution is -2.00. The molecule has 0 heterocycles. The van der Waals surface area contributed by atoms with Crippen LogP contribution in [0.2, 0.25) is 5.02 Å². The van der Waals surface area contributed by atoms with Crippen molar-refractivity contribution in [3.63, 3.8) is 0 Å². The minimum Gasteiger partial charge on any atom is -0.481 e. The molecule has 0 fully saturated rings. The number of carbonyl (C=O) groups is 1. The summed E-state index contributed by atoms with van der Waals surface area (Å²) < 4.78 is 0. The summed E-state index contributed by atoms with van der Waals surface area (Å²) >= 11 is 5.60. The Hall–Kier alpha value is -1.62. The smallest absolute Gasteiger partial charge is 0.303 e. The first-order valence-corrected chi connectivity index (χ1v) is 4.53. The zero-order valence-electron chi connectivity index (χ0n) is 7.64. The number of aryl methyl sites for hydroxylation is 1. The van der Waals surface area contributed by atoms with E-state index in [1.165, 1.54) is 18.2 Å². The molecule has 1 aromatic carbocycles. The first-order valence-electron chi connectivity index (χ1n) is 4.15. The topological polar surface area (TPSA) is 80.4 Å². The summed E-state index contributed by atoms with van der Waals surface area (Å²) in [4.78, 5) is 20.4. The van der Waals surface area contributed by atoms with Crippen LogP contribution in [0.25, 0.3) is 0 Å². The molecule has 0 unspecified atom stereocenters. The van der Waals surface area contributed by atoms with Crippen molar-refractivity contribution in [2.75, 3.05) is 0 Å². The van der Waals surface area contributed by atoms with Gasteiger partial charge in [0.05, 0.1) is 4.92 Å². The molecular weight excluding hydrogens is 222 g/mol. The van der Waals surface area contributed by atoms with Gasteiger partial charge in [-0.25, -0.2) is 0 Å². The van der Waals surface area contributed by atoms with Crippen LogP contribution in [-0.2, 0) is 11.2 Å². The molecular formula is C9H8ClNO4. The van der Waals surface area contributed by atoms with Gasteiger partial charge in [0.2, 0.25) is 0 Å². The van der Waals surface area contributed by atoms with Gasteiger partial charge < -0.3 is 5.11 Å². The number of nitro benzene ring substituents is 1. The zero-order chi connectivity index (χ0) is 11.4. The minimum absolute atomic E-state index is 0.128. The Morgan fingerprint density at radius 1 is 1.53 bits per heavy atom. The first-order chi connectivity index (χ1) is 7.00. The highest BCUT2D eigenvalue weighted by Crippen LogP contribution is 2.24. The summed E-state index contributed by atoms with van der Waals surface area (Å²) in [6.45, 7) is 0. The summed E-state index contributed by atoms with van der Waals surface area (Å²) in [6.07, 6.45) is -0.00864. The van der Waals surface area contributed by atoms with Gasteiger partial charge in [-0.3, -0.25) is 14.9 Å².